The van der Waals surface area contributed by atoms with Gasteiger partial charge >= 0.3 is 0 Å². The van der Waals surface area contributed by atoms with E-state index >= 15 is 0 Å². The van der Waals surface area contributed by atoms with Crippen LogP contribution in [0.15, 0.2) is 29.8 Å². The molecule has 0 aliphatic carbocycles. The fraction of sp³-hybridized carbons (Fsp3) is 0.556. The van der Waals surface area contributed by atoms with Gasteiger partial charge in [-0.2, -0.15) is 0 Å². The molecule has 0 atom stereocenters. The lowest BCUT2D eigenvalue weighted by Gasteiger charge is -2.23. The Balaban J connectivity index is 2.87. The smallest absolute Gasteiger partial charge is 0.119 e. The molecule has 0 aromatic heterocycles. The van der Waals surface area contributed by atoms with Crippen molar-refractivity contribution < 1.29 is 4.74 Å². The molecule has 112 valence electrons. The minimum atomic E-state index is 0.140. The van der Waals surface area contributed by atoms with E-state index in [1.165, 1.54) is 11.1 Å². The molecule has 0 unspecified atom stereocenters. The van der Waals surface area contributed by atoms with Crippen molar-refractivity contribution in [3.63, 3.8) is 0 Å². The highest BCUT2D eigenvalue weighted by Gasteiger charge is 2.11. The van der Waals surface area contributed by atoms with E-state index in [1.807, 2.05) is 19.1 Å². The summed E-state index contributed by atoms with van der Waals surface area (Å²) < 4.78 is 5.56. The third kappa shape index (κ3) is 6.25. The van der Waals surface area contributed by atoms with E-state index in [0.717, 1.165) is 12.3 Å². The van der Waals surface area contributed by atoms with Crippen molar-refractivity contribution in [2.24, 2.45) is 5.92 Å². The second-order valence-corrected chi connectivity index (χ2v) is 6.48. The second kappa shape index (κ2) is 7.49. The zero-order valence-corrected chi connectivity index (χ0v) is 13.8. The summed E-state index contributed by atoms with van der Waals surface area (Å²) in [6, 6.07) is 8.28. The van der Waals surface area contributed by atoms with E-state index in [4.69, 9.17) is 4.74 Å². The zero-order chi connectivity index (χ0) is 15.2. The van der Waals surface area contributed by atoms with Crippen LogP contribution in [-0.4, -0.2) is 18.7 Å². The Labute approximate surface area is 124 Å². The molecular formula is C18H29NO. The molecule has 20 heavy (non-hydrogen) atoms. The van der Waals surface area contributed by atoms with Gasteiger partial charge in [-0.15, -0.1) is 0 Å². The quantitative estimate of drug-likeness (QED) is 0.824. The first-order valence-electron chi connectivity index (χ1n) is 7.50. The Bertz CT molecular complexity index is 441. The van der Waals surface area contributed by atoms with Gasteiger partial charge in [-0.25, -0.2) is 0 Å². The van der Waals surface area contributed by atoms with E-state index in [-0.39, 0.29) is 5.54 Å². The van der Waals surface area contributed by atoms with Gasteiger partial charge in [-0.1, -0.05) is 37.6 Å². The molecule has 0 bridgehead atoms. The summed E-state index contributed by atoms with van der Waals surface area (Å²) in [7, 11) is 0. The molecule has 1 aromatic carbocycles. The average Bonchev–Trinajstić information content (AvgIpc) is 2.34. The topological polar surface area (TPSA) is 21.3 Å². The molecule has 0 aliphatic heterocycles. The monoisotopic (exact) mass is 275 g/mol. The van der Waals surface area contributed by atoms with Gasteiger partial charge in [0.2, 0.25) is 0 Å². The van der Waals surface area contributed by atoms with Crippen molar-refractivity contribution in [3.8, 4) is 5.75 Å². The van der Waals surface area contributed by atoms with Crippen LogP contribution in [0.5, 0.6) is 5.75 Å². The fourth-order valence-corrected chi connectivity index (χ4v) is 1.86. The lowest BCUT2D eigenvalue weighted by atomic mass is 9.98. The van der Waals surface area contributed by atoms with Crippen LogP contribution in [0.25, 0.3) is 6.08 Å². The molecule has 1 rings (SSSR count). The highest BCUT2D eigenvalue weighted by atomic mass is 16.5. The third-order valence-electron chi connectivity index (χ3n) is 3.09. The first-order valence-corrected chi connectivity index (χ1v) is 7.50. The van der Waals surface area contributed by atoms with Gasteiger partial charge in [0.15, 0.2) is 0 Å². The predicted octanol–water partition coefficient (Wildman–Crippen LogP) is 4.51. The summed E-state index contributed by atoms with van der Waals surface area (Å²) in [6.07, 6.45) is 2.27. The maximum Gasteiger partial charge on any atom is 0.119 e. The van der Waals surface area contributed by atoms with Gasteiger partial charge in [-0.3, -0.25) is 0 Å². The van der Waals surface area contributed by atoms with Crippen LogP contribution in [0.2, 0.25) is 0 Å². The molecular weight excluding hydrogens is 246 g/mol. The van der Waals surface area contributed by atoms with Crippen LogP contribution in [-0.2, 0) is 0 Å². The largest absolute Gasteiger partial charge is 0.494 e. The minimum Gasteiger partial charge on any atom is -0.494 e. The molecule has 0 aliphatic rings. The van der Waals surface area contributed by atoms with E-state index in [9.17, 15) is 0 Å². The van der Waals surface area contributed by atoms with Crippen molar-refractivity contribution in [2.45, 2.75) is 47.1 Å². The summed E-state index contributed by atoms with van der Waals surface area (Å²) in [5.74, 6) is 1.47. The van der Waals surface area contributed by atoms with E-state index in [0.29, 0.717) is 12.5 Å². The Morgan fingerprint density at radius 3 is 2.55 bits per heavy atom. The molecule has 0 fully saturated rings. The van der Waals surface area contributed by atoms with Crippen LogP contribution in [0, 0.1) is 5.92 Å². The summed E-state index contributed by atoms with van der Waals surface area (Å²) in [5.41, 5.74) is 2.75. The van der Waals surface area contributed by atoms with Gasteiger partial charge in [0.1, 0.15) is 5.75 Å². The van der Waals surface area contributed by atoms with Crippen LogP contribution >= 0.6 is 0 Å². The van der Waals surface area contributed by atoms with Crippen LogP contribution in [0.1, 0.15) is 47.1 Å². The number of hydrogen-bond acceptors (Lipinski definition) is 2. The first-order chi connectivity index (χ1) is 9.31. The molecule has 0 saturated carbocycles. The fourth-order valence-electron chi connectivity index (χ4n) is 1.86. The van der Waals surface area contributed by atoms with Crippen LogP contribution in [0.3, 0.4) is 0 Å². The third-order valence-corrected chi connectivity index (χ3v) is 3.09. The molecule has 1 N–H and O–H groups in total. The van der Waals surface area contributed by atoms with Crippen LogP contribution in [0.4, 0.5) is 0 Å². The average molecular weight is 275 g/mol. The van der Waals surface area contributed by atoms with Crippen molar-refractivity contribution in [3.05, 3.63) is 35.4 Å². The summed E-state index contributed by atoms with van der Waals surface area (Å²) >= 11 is 0. The maximum atomic E-state index is 5.56. The zero-order valence-electron chi connectivity index (χ0n) is 13.8. The number of rotatable bonds is 6. The lowest BCUT2D eigenvalue weighted by molar-refractivity contribution is 0.340. The summed E-state index contributed by atoms with van der Waals surface area (Å²) in [6.45, 7) is 14.7. The Kier molecular flexibility index (Phi) is 6.28. The SMILES string of the molecule is CCOc1cccc(C=C(CNC(C)(C)C)C(C)C)c1. The second-order valence-electron chi connectivity index (χ2n) is 6.48. The van der Waals surface area contributed by atoms with Crippen molar-refractivity contribution in [1.82, 2.24) is 5.32 Å². The molecule has 0 spiro atoms. The summed E-state index contributed by atoms with van der Waals surface area (Å²) in [4.78, 5) is 0. The first kappa shape index (κ1) is 16.8. The standard InChI is InChI=1S/C18H29NO/c1-7-20-17-10-8-9-15(12-17)11-16(14(2)3)13-19-18(4,5)6/h8-12,14,19H,7,13H2,1-6H3. The number of benzene rings is 1. The highest BCUT2D eigenvalue weighted by Crippen LogP contribution is 2.19. The molecule has 0 radical (unpaired) electrons. The minimum absolute atomic E-state index is 0.140. The van der Waals surface area contributed by atoms with Crippen LogP contribution < -0.4 is 10.1 Å². The normalized spacial score (nSPS) is 12.8. The van der Waals surface area contributed by atoms with Crippen molar-refractivity contribution in [2.75, 3.05) is 13.2 Å². The Morgan fingerprint density at radius 1 is 1.30 bits per heavy atom. The highest BCUT2D eigenvalue weighted by molar-refractivity contribution is 5.55. The van der Waals surface area contributed by atoms with Crippen molar-refractivity contribution in [1.29, 1.82) is 0 Å². The molecule has 0 heterocycles. The van der Waals surface area contributed by atoms with Crippen molar-refractivity contribution >= 4 is 6.08 Å². The molecule has 0 saturated heterocycles. The molecule has 2 nitrogen and oxygen atoms in total. The van der Waals surface area contributed by atoms with Gasteiger partial charge in [-0.05, 0) is 51.3 Å². The number of hydrogen-bond donors (Lipinski definition) is 1. The molecule has 0 amide bonds. The van der Waals surface area contributed by atoms with E-state index in [2.05, 4.69) is 58.1 Å². The molecule has 2 heteroatoms. The van der Waals surface area contributed by atoms with Gasteiger partial charge in [0.25, 0.3) is 0 Å². The number of ether oxygens (including phenoxy) is 1. The van der Waals surface area contributed by atoms with Gasteiger partial charge in [0.05, 0.1) is 6.61 Å². The molecule has 1 aromatic rings. The van der Waals surface area contributed by atoms with E-state index in [1.54, 1.807) is 0 Å². The Morgan fingerprint density at radius 2 is 2.00 bits per heavy atom. The Hall–Kier alpha value is -1.28. The lowest BCUT2D eigenvalue weighted by Crippen LogP contribution is -2.37. The summed E-state index contributed by atoms with van der Waals surface area (Å²) in [5, 5.41) is 3.56. The number of nitrogens with one attached hydrogen (secondary N) is 1. The predicted molar refractivity (Wildman–Crippen MR) is 88.2 cm³/mol. The maximum absolute atomic E-state index is 5.56. The van der Waals surface area contributed by atoms with Gasteiger partial charge < -0.3 is 10.1 Å². The van der Waals surface area contributed by atoms with Gasteiger partial charge in [0, 0.05) is 12.1 Å². The van der Waals surface area contributed by atoms with E-state index < -0.39 is 0 Å².